The number of fused-ring (bicyclic) bond motifs is 1. The molecule has 0 fully saturated rings. The highest BCUT2D eigenvalue weighted by atomic mass is 32.1. The van der Waals surface area contributed by atoms with E-state index in [0.717, 1.165) is 16.1 Å². The van der Waals surface area contributed by atoms with E-state index in [-0.39, 0.29) is 12.0 Å². The number of benzene rings is 1. The van der Waals surface area contributed by atoms with E-state index in [1.165, 1.54) is 11.3 Å². The van der Waals surface area contributed by atoms with Gasteiger partial charge in [-0.2, -0.15) is 0 Å². The van der Waals surface area contributed by atoms with Crippen molar-refractivity contribution in [2.24, 2.45) is 0 Å². The fraction of sp³-hybridized carbons (Fsp3) is 0.348. The van der Waals surface area contributed by atoms with E-state index < -0.39 is 5.60 Å². The fourth-order valence-electron chi connectivity index (χ4n) is 3.43. The summed E-state index contributed by atoms with van der Waals surface area (Å²) in [5.74, 6) is -0.198. The number of thiazole rings is 1. The van der Waals surface area contributed by atoms with E-state index in [9.17, 15) is 9.59 Å². The van der Waals surface area contributed by atoms with Gasteiger partial charge >= 0.3 is 6.09 Å². The molecule has 0 aliphatic carbocycles. The number of nitrogens with one attached hydrogen (secondary N) is 1. The van der Waals surface area contributed by atoms with Crippen LogP contribution in [0.3, 0.4) is 0 Å². The van der Waals surface area contributed by atoms with Crippen molar-refractivity contribution in [3.8, 4) is 0 Å². The van der Waals surface area contributed by atoms with Gasteiger partial charge in [-0.1, -0.05) is 41.7 Å². The summed E-state index contributed by atoms with van der Waals surface area (Å²) >= 11 is 1.41. The van der Waals surface area contributed by atoms with Crippen LogP contribution in [0.15, 0.2) is 48.7 Å². The summed E-state index contributed by atoms with van der Waals surface area (Å²) in [6, 6.07) is 13.7. The number of nitrogens with zero attached hydrogens (tertiary/aromatic N) is 3. The van der Waals surface area contributed by atoms with Crippen molar-refractivity contribution in [2.75, 3.05) is 11.9 Å². The van der Waals surface area contributed by atoms with Crippen molar-refractivity contribution in [1.29, 1.82) is 0 Å². The summed E-state index contributed by atoms with van der Waals surface area (Å²) in [6.45, 7) is 7.19. The van der Waals surface area contributed by atoms with Gasteiger partial charge in [0.2, 0.25) is 0 Å². The molecule has 2 aromatic heterocycles. The van der Waals surface area contributed by atoms with E-state index in [1.807, 2.05) is 67.9 Å². The number of hydrogen-bond donors (Lipinski definition) is 1. The molecule has 162 valence electrons. The maximum Gasteiger partial charge on any atom is 0.410 e. The molecule has 0 saturated carbocycles. The lowest BCUT2D eigenvalue weighted by atomic mass is 10.2. The Balaban J connectivity index is 1.43. The van der Waals surface area contributed by atoms with Crippen molar-refractivity contribution in [2.45, 2.75) is 45.9 Å². The minimum atomic E-state index is -0.529. The quantitative estimate of drug-likeness (QED) is 0.649. The van der Waals surface area contributed by atoms with E-state index in [4.69, 9.17) is 4.74 Å². The average molecular weight is 439 g/mol. The Kier molecular flexibility index (Phi) is 5.82. The van der Waals surface area contributed by atoms with Gasteiger partial charge in [0.1, 0.15) is 11.3 Å². The van der Waals surface area contributed by atoms with Gasteiger partial charge in [0.25, 0.3) is 5.91 Å². The van der Waals surface area contributed by atoms with Crippen LogP contribution in [0.1, 0.15) is 47.4 Å². The van der Waals surface area contributed by atoms with Crippen molar-refractivity contribution in [3.63, 3.8) is 0 Å². The summed E-state index contributed by atoms with van der Waals surface area (Å²) in [7, 11) is 0. The van der Waals surface area contributed by atoms with E-state index in [0.29, 0.717) is 36.9 Å². The lowest BCUT2D eigenvalue weighted by Crippen LogP contribution is -2.39. The van der Waals surface area contributed by atoms with Crippen LogP contribution < -0.4 is 5.32 Å². The molecule has 0 atom stereocenters. The molecule has 3 heterocycles. The van der Waals surface area contributed by atoms with Crippen LogP contribution in [0.5, 0.6) is 0 Å². The zero-order valence-electron chi connectivity index (χ0n) is 17.9. The molecule has 31 heavy (non-hydrogen) atoms. The van der Waals surface area contributed by atoms with E-state index >= 15 is 0 Å². The molecule has 1 aliphatic rings. The van der Waals surface area contributed by atoms with Gasteiger partial charge in [-0.3, -0.25) is 10.1 Å². The molecule has 3 aromatic rings. The highest BCUT2D eigenvalue weighted by molar-refractivity contribution is 7.15. The third-order valence-corrected chi connectivity index (χ3v) is 5.86. The zero-order valence-corrected chi connectivity index (χ0v) is 18.7. The Labute approximate surface area is 185 Å². The van der Waals surface area contributed by atoms with Gasteiger partial charge in [-0.25, -0.2) is 9.78 Å². The zero-order chi connectivity index (χ0) is 22.0. The maximum absolute atomic E-state index is 12.9. The number of carbonyl (C=O) groups excluding carboxylic acids is 2. The lowest BCUT2D eigenvalue weighted by Gasteiger charge is -2.29. The predicted molar refractivity (Wildman–Crippen MR) is 120 cm³/mol. The second kappa shape index (κ2) is 8.55. The Morgan fingerprint density at radius 2 is 1.94 bits per heavy atom. The Morgan fingerprint density at radius 3 is 2.68 bits per heavy atom. The minimum Gasteiger partial charge on any atom is -0.444 e. The molecule has 0 unspecified atom stereocenters. The van der Waals surface area contributed by atoms with Gasteiger partial charge in [0.05, 0.1) is 12.2 Å². The number of amides is 2. The van der Waals surface area contributed by atoms with Crippen LogP contribution in [-0.4, -0.2) is 38.6 Å². The van der Waals surface area contributed by atoms with Crippen LogP contribution in [0, 0.1) is 0 Å². The van der Waals surface area contributed by atoms with Crippen molar-refractivity contribution in [1.82, 2.24) is 14.5 Å². The summed E-state index contributed by atoms with van der Waals surface area (Å²) in [4.78, 5) is 32.5. The van der Waals surface area contributed by atoms with Crippen molar-refractivity contribution >= 4 is 28.5 Å². The summed E-state index contributed by atoms with van der Waals surface area (Å²) in [5.41, 5.74) is 2.10. The molecule has 7 nitrogen and oxygen atoms in total. The third kappa shape index (κ3) is 5.14. The van der Waals surface area contributed by atoms with E-state index in [1.54, 1.807) is 11.0 Å². The van der Waals surface area contributed by atoms with Crippen LogP contribution in [0.2, 0.25) is 0 Å². The van der Waals surface area contributed by atoms with Gasteiger partial charge in [0, 0.05) is 30.6 Å². The maximum atomic E-state index is 12.9. The molecule has 1 aliphatic heterocycles. The first-order valence-electron chi connectivity index (χ1n) is 10.3. The van der Waals surface area contributed by atoms with Crippen LogP contribution in [0.4, 0.5) is 9.93 Å². The van der Waals surface area contributed by atoms with Crippen LogP contribution in [0.25, 0.3) is 0 Å². The molecule has 0 saturated heterocycles. The number of rotatable bonds is 4. The van der Waals surface area contributed by atoms with Gasteiger partial charge in [-0.05, 0) is 38.5 Å². The monoisotopic (exact) mass is 438 g/mol. The number of anilines is 1. The molecule has 2 amide bonds. The third-order valence-electron chi connectivity index (χ3n) is 4.86. The number of hydrogen-bond acceptors (Lipinski definition) is 5. The second-order valence-electron chi connectivity index (χ2n) is 8.50. The molecule has 4 rings (SSSR count). The highest BCUT2D eigenvalue weighted by Gasteiger charge is 2.28. The normalized spacial score (nSPS) is 13.6. The lowest BCUT2D eigenvalue weighted by molar-refractivity contribution is 0.0225. The van der Waals surface area contributed by atoms with Crippen molar-refractivity contribution in [3.05, 3.63) is 70.5 Å². The van der Waals surface area contributed by atoms with E-state index in [2.05, 4.69) is 10.3 Å². The Hall–Kier alpha value is -3.13. The first-order valence-corrected chi connectivity index (χ1v) is 11.1. The molecule has 1 aromatic carbocycles. The van der Waals surface area contributed by atoms with Gasteiger partial charge < -0.3 is 14.2 Å². The Bertz CT molecular complexity index is 1080. The molecule has 8 heteroatoms. The van der Waals surface area contributed by atoms with Crippen LogP contribution >= 0.6 is 11.3 Å². The molecule has 1 N–H and O–H groups in total. The first-order chi connectivity index (χ1) is 14.8. The first kappa shape index (κ1) is 21.1. The van der Waals surface area contributed by atoms with Crippen LogP contribution in [-0.2, 0) is 24.2 Å². The summed E-state index contributed by atoms with van der Waals surface area (Å²) in [5, 5.41) is 3.47. The number of ether oxygens (including phenoxy) is 1. The standard InChI is InChI=1S/C23H26N4O3S/c1-23(2,3)30-22(29)27-13-11-17-19(15-27)31-21(24-17)25-20(28)18-10-7-12-26(18)14-16-8-5-4-6-9-16/h4-10,12H,11,13-15H2,1-3H3,(H,24,25,28). The number of carbonyl (C=O) groups is 2. The highest BCUT2D eigenvalue weighted by Crippen LogP contribution is 2.29. The average Bonchev–Trinajstić information content (AvgIpc) is 3.33. The summed E-state index contributed by atoms with van der Waals surface area (Å²) < 4.78 is 7.39. The largest absolute Gasteiger partial charge is 0.444 e. The smallest absolute Gasteiger partial charge is 0.410 e. The topological polar surface area (TPSA) is 76.5 Å². The van der Waals surface area contributed by atoms with Gasteiger partial charge in [-0.15, -0.1) is 0 Å². The molecular formula is C23H26N4O3S. The molecule has 0 spiro atoms. The Morgan fingerprint density at radius 1 is 1.16 bits per heavy atom. The molecule has 0 bridgehead atoms. The number of aromatic nitrogens is 2. The van der Waals surface area contributed by atoms with Crippen molar-refractivity contribution < 1.29 is 14.3 Å². The summed E-state index contributed by atoms with van der Waals surface area (Å²) in [6.07, 6.45) is 2.22. The second-order valence-corrected chi connectivity index (χ2v) is 9.59. The van der Waals surface area contributed by atoms with Gasteiger partial charge in [0.15, 0.2) is 5.13 Å². The fourth-order valence-corrected chi connectivity index (χ4v) is 4.45. The predicted octanol–water partition coefficient (Wildman–Crippen LogP) is 4.54. The molecular weight excluding hydrogens is 412 g/mol. The minimum absolute atomic E-state index is 0.198. The molecule has 0 radical (unpaired) electrons. The SMILES string of the molecule is CC(C)(C)OC(=O)N1CCc2nc(NC(=O)c3cccn3Cc3ccccc3)sc2C1.